The molecule has 2 aromatic carbocycles. The highest BCUT2D eigenvalue weighted by atomic mass is 19.1. The van der Waals surface area contributed by atoms with Crippen LogP contribution in [0.15, 0.2) is 70.4 Å². The van der Waals surface area contributed by atoms with Crippen LogP contribution in [0.4, 0.5) is 4.39 Å². The van der Waals surface area contributed by atoms with Gasteiger partial charge in [-0.15, -0.1) is 0 Å². The van der Waals surface area contributed by atoms with E-state index in [0.717, 1.165) is 15.8 Å². The molecule has 0 fully saturated rings. The van der Waals surface area contributed by atoms with Crippen LogP contribution < -0.4 is 11.2 Å². The molecule has 33 heavy (non-hydrogen) atoms. The van der Waals surface area contributed by atoms with Crippen molar-refractivity contribution >= 4 is 22.7 Å². The van der Waals surface area contributed by atoms with Crippen LogP contribution in [-0.4, -0.2) is 28.9 Å². The van der Waals surface area contributed by atoms with E-state index in [1.807, 2.05) is 30.3 Å². The summed E-state index contributed by atoms with van der Waals surface area (Å²) in [7, 11) is 1.51. The molecule has 0 amide bonds. The van der Waals surface area contributed by atoms with Gasteiger partial charge in [-0.2, -0.15) is 4.98 Å². The van der Waals surface area contributed by atoms with Crippen LogP contribution in [0.1, 0.15) is 19.9 Å². The molecule has 0 N–H and O–H groups in total. The predicted octanol–water partition coefficient (Wildman–Crippen LogP) is 3.09. The van der Waals surface area contributed by atoms with Gasteiger partial charge in [0.25, 0.3) is 5.56 Å². The van der Waals surface area contributed by atoms with Crippen LogP contribution in [0.25, 0.3) is 33.9 Å². The van der Waals surface area contributed by atoms with Gasteiger partial charge in [0, 0.05) is 24.5 Å². The second-order valence-electron chi connectivity index (χ2n) is 7.95. The fourth-order valence-electron chi connectivity index (χ4n) is 4.04. The second kappa shape index (κ2) is 7.40. The normalized spacial score (nSPS) is 12.5. The van der Waals surface area contributed by atoms with E-state index in [1.54, 1.807) is 27.3 Å². The number of imidazole rings is 2. The molecular formula is C24H20FN5O3. The Hall–Kier alpha value is -4.27. The predicted molar refractivity (Wildman–Crippen MR) is 122 cm³/mol. The molecule has 5 rings (SSSR count). The SMILES string of the molecule is CC(=O)C(C)n1c(=O)c2c(nc3n(-c4ccc(F)cc4)c(-c4ccccc4)cn23)n(C)c1=O. The molecule has 3 heterocycles. The average Bonchev–Trinajstić information content (AvgIpc) is 3.35. The van der Waals surface area contributed by atoms with Crippen molar-refractivity contribution in [2.24, 2.45) is 7.05 Å². The fraction of sp³-hybridized carbons (Fsp3) is 0.167. The molecule has 0 aliphatic carbocycles. The average molecular weight is 445 g/mol. The van der Waals surface area contributed by atoms with Crippen molar-refractivity contribution in [2.45, 2.75) is 19.9 Å². The molecule has 0 saturated carbocycles. The second-order valence-corrected chi connectivity index (χ2v) is 7.95. The Labute approximate surface area is 186 Å². The number of rotatable bonds is 4. The van der Waals surface area contributed by atoms with E-state index in [0.29, 0.717) is 11.5 Å². The molecule has 3 aromatic heterocycles. The Morgan fingerprint density at radius 1 is 1.03 bits per heavy atom. The maximum absolute atomic E-state index is 13.6. The number of hydrogen-bond acceptors (Lipinski definition) is 4. The summed E-state index contributed by atoms with van der Waals surface area (Å²) in [6, 6.07) is 14.5. The van der Waals surface area contributed by atoms with Crippen LogP contribution >= 0.6 is 0 Å². The lowest BCUT2D eigenvalue weighted by Crippen LogP contribution is -2.42. The first-order valence-electron chi connectivity index (χ1n) is 10.4. The minimum absolute atomic E-state index is 0.179. The molecule has 1 atom stereocenters. The first-order chi connectivity index (χ1) is 15.8. The van der Waals surface area contributed by atoms with Gasteiger partial charge in [-0.1, -0.05) is 30.3 Å². The van der Waals surface area contributed by atoms with Crippen LogP contribution in [0.2, 0.25) is 0 Å². The third kappa shape index (κ3) is 3.04. The molecule has 0 bridgehead atoms. The summed E-state index contributed by atoms with van der Waals surface area (Å²) in [6.07, 6.45) is 1.76. The highest BCUT2D eigenvalue weighted by Crippen LogP contribution is 2.29. The summed E-state index contributed by atoms with van der Waals surface area (Å²) in [6.45, 7) is 2.86. The lowest BCUT2D eigenvalue weighted by Gasteiger charge is -2.12. The fourth-order valence-corrected chi connectivity index (χ4v) is 4.04. The van der Waals surface area contributed by atoms with E-state index >= 15 is 0 Å². The van der Waals surface area contributed by atoms with Crippen molar-refractivity contribution in [3.63, 3.8) is 0 Å². The van der Waals surface area contributed by atoms with Crippen molar-refractivity contribution in [1.29, 1.82) is 0 Å². The molecule has 0 radical (unpaired) electrons. The first kappa shape index (κ1) is 20.6. The van der Waals surface area contributed by atoms with Gasteiger partial charge in [-0.25, -0.2) is 13.8 Å². The van der Waals surface area contributed by atoms with Crippen molar-refractivity contribution in [3.8, 4) is 16.9 Å². The van der Waals surface area contributed by atoms with Gasteiger partial charge in [0.05, 0.1) is 11.7 Å². The maximum Gasteiger partial charge on any atom is 0.333 e. The number of benzene rings is 2. The van der Waals surface area contributed by atoms with E-state index in [1.165, 1.54) is 37.6 Å². The minimum atomic E-state index is -0.918. The third-order valence-corrected chi connectivity index (χ3v) is 5.93. The monoisotopic (exact) mass is 445 g/mol. The maximum atomic E-state index is 13.6. The smallest absolute Gasteiger partial charge is 0.298 e. The summed E-state index contributed by atoms with van der Waals surface area (Å²) in [5.41, 5.74) is 1.39. The molecular weight excluding hydrogens is 425 g/mol. The highest BCUT2D eigenvalue weighted by Gasteiger charge is 2.25. The molecule has 0 saturated heterocycles. The zero-order valence-electron chi connectivity index (χ0n) is 18.2. The van der Waals surface area contributed by atoms with E-state index < -0.39 is 17.3 Å². The van der Waals surface area contributed by atoms with Crippen molar-refractivity contribution in [2.75, 3.05) is 0 Å². The quantitative estimate of drug-likeness (QED) is 0.426. The number of carbonyl (C=O) groups excluding carboxylic acids is 1. The van der Waals surface area contributed by atoms with Gasteiger partial charge in [0.2, 0.25) is 5.78 Å². The largest absolute Gasteiger partial charge is 0.333 e. The Balaban J connectivity index is 1.94. The van der Waals surface area contributed by atoms with Crippen LogP contribution in [0.3, 0.4) is 0 Å². The van der Waals surface area contributed by atoms with Crippen LogP contribution in [-0.2, 0) is 11.8 Å². The number of ketones is 1. The number of carbonyl (C=O) groups is 1. The summed E-state index contributed by atoms with van der Waals surface area (Å²) in [5, 5.41) is 0. The summed E-state index contributed by atoms with van der Waals surface area (Å²) < 4.78 is 19.3. The Morgan fingerprint density at radius 3 is 2.33 bits per heavy atom. The molecule has 0 spiro atoms. The zero-order chi connectivity index (χ0) is 23.4. The summed E-state index contributed by atoms with van der Waals surface area (Å²) >= 11 is 0. The van der Waals surface area contributed by atoms with E-state index in [2.05, 4.69) is 4.98 Å². The van der Waals surface area contributed by atoms with E-state index in [-0.39, 0.29) is 22.8 Å². The highest BCUT2D eigenvalue weighted by molar-refractivity contribution is 5.82. The Bertz CT molecular complexity index is 1660. The number of nitrogens with zero attached hydrogens (tertiary/aromatic N) is 5. The summed E-state index contributed by atoms with van der Waals surface area (Å²) in [5.74, 6) is -0.292. The van der Waals surface area contributed by atoms with Gasteiger partial charge < -0.3 is 0 Å². The number of hydrogen-bond donors (Lipinski definition) is 0. The van der Waals surface area contributed by atoms with E-state index in [4.69, 9.17) is 0 Å². The molecule has 0 aliphatic rings. The molecule has 9 heteroatoms. The van der Waals surface area contributed by atoms with Crippen molar-refractivity contribution < 1.29 is 9.18 Å². The number of fused-ring (bicyclic) bond motifs is 3. The molecule has 1 unspecified atom stereocenters. The third-order valence-electron chi connectivity index (χ3n) is 5.93. The number of halogens is 1. The van der Waals surface area contributed by atoms with Crippen molar-refractivity contribution in [1.82, 2.24) is 23.1 Å². The molecule has 5 aromatic rings. The number of aromatic nitrogens is 5. The zero-order valence-corrected chi connectivity index (χ0v) is 18.2. The number of aryl methyl sites for hydroxylation is 1. The van der Waals surface area contributed by atoms with Gasteiger partial charge in [0.15, 0.2) is 16.9 Å². The molecule has 0 aliphatic heterocycles. The Morgan fingerprint density at radius 2 is 1.70 bits per heavy atom. The first-order valence-corrected chi connectivity index (χ1v) is 10.4. The summed E-state index contributed by atoms with van der Waals surface area (Å²) in [4.78, 5) is 43.0. The van der Waals surface area contributed by atoms with E-state index in [9.17, 15) is 18.8 Å². The minimum Gasteiger partial charge on any atom is -0.298 e. The lowest BCUT2D eigenvalue weighted by molar-refractivity contribution is -0.119. The van der Waals surface area contributed by atoms with Crippen molar-refractivity contribution in [3.05, 3.63) is 87.4 Å². The van der Waals surface area contributed by atoms with Gasteiger partial charge in [-0.05, 0) is 38.1 Å². The topological polar surface area (TPSA) is 83.3 Å². The molecule has 8 nitrogen and oxygen atoms in total. The van der Waals surface area contributed by atoms with Crippen LogP contribution in [0.5, 0.6) is 0 Å². The molecule has 166 valence electrons. The van der Waals surface area contributed by atoms with Gasteiger partial charge in [-0.3, -0.25) is 23.1 Å². The van der Waals surface area contributed by atoms with Gasteiger partial charge in [0.1, 0.15) is 5.82 Å². The lowest BCUT2D eigenvalue weighted by atomic mass is 10.1. The Kier molecular flexibility index (Phi) is 4.63. The standard InChI is InChI=1S/C24H20FN5O3/c1-14(15(2)31)29-22(32)20-21(27(3)24(29)33)26-23-28(20)13-19(16-7-5-4-6-8-16)30(23)18-11-9-17(25)10-12-18/h4-14H,1-3H3. The van der Waals surface area contributed by atoms with Gasteiger partial charge >= 0.3 is 5.69 Å². The number of Topliss-reactive ketones (excluding diaryl/α,β-unsaturated/α-hetero) is 1. The van der Waals surface area contributed by atoms with Crippen LogP contribution in [0, 0.1) is 5.82 Å².